The van der Waals surface area contributed by atoms with E-state index >= 15 is 0 Å². The SMILES string of the molecule is CC(C)[C@H]1NC(=O)C[C@H]2/C=C/CCSSCC(NC1=O)C(=O)N[C@H](Cc1ccc3ccccc3c1)C(=O)NCC(=O)O2. The smallest absolute Gasteiger partial charge is 0.326 e. The number of hydrogen-bond donors (Lipinski definition) is 4. The number of carbonyl (C=O) groups is 5. The number of benzene rings is 2. The molecule has 2 aliphatic rings. The Morgan fingerprint density at radius 3 is 2.48 bits per heavy atom. The highest BCUT2D eigenvalue weighted by Crippen LogP contribution is 2.24. The van der Waals surface area contributed by atoms with Crippen molar-refractivity contribution >= 4 is 62.0 Å². The Morgan fingerprint density at radius 2 is 1.69 bits per heavy atom. The third kappa shape index (κ3) is 8.99. The second kappa shape index (κ2) is 15.1. The predicted octanol–water partition coefficient (Wildman–Crippen LogP) is 2.27. The van der Waals surface area contributed by atoms with Gasteiger partial charge in [-0.15, -0.1) is 0 Å². The summed E-state index contributed by atoms with van der Waals surface area (Å²) in [4.78, 5) is 66.0. The van der Waals surface area contributed by atoms with E-state index in [-0.39, 0.29) is 24.5 Å². The van der Waals surface area contributed by atoms with Crippen LogP contribution < -0.4 is 21.3 Å². The Hall–Kier alpha value is -3.51. The molecule has 1 unspecified atom stereocenters. The van der Waals surface area contributed by atoms with Crippen LogP contribution in [0.3, 0.4) is 0 Å². The monoisotopic (exact) mass is 612 g/mol. The van der Waals surface area contributed by atoms with E-state index in [4.69, 9.17) is 4.74 Å². The summed E-state index contributed by atoms with van der Waals surface area (Å²) in [5.41, 5.74) is 0.815. The summed E-state index contributed by atoms with van der Waals surface area (Å²) in [5, 5.41) is 12.9. The molecular weight excluding hydrogens is 576 g/mol. The third-order valence-electron chi connectivity index (χ3n) is 6.90. The highest BCUT2D eigenvalue weighted by molar-refractivity contribution is 8.76. The number of ether oxygens (including phenoxy) is 1. The number of fused-ring (bicyclic) bond motifs is 8. The molecule has 12 heteroatoms. The summed E-state index contributed by atoms with van der Waals surface area (Å²) >= 11 is 0. The number of nitrogens with one attached hydrogen (secondary N) is 4. The molecule has 224 valence electrons. The van der Waals surface area contributed by atoms with E-state index < -0.39 is 60.4 Å². The van der Waals surface area contributed by atoms with Crippen LogP contribution in [0.2, 0.25) is 0 Å². The van der Waals surface area contributed by atoms with Crippen molar-refractivity contribution in [3.05, 3.63) is 60.2 Å². The minimum Gasteiger partial charge on any atom is -0.456 e. The fourth-order valence-corrected chi connectivity index (χ4v) is 6.82. The maximum atomic E-state index is 13.6. The van der Waals surface area contributed by atoms with Crippen molar-refractivity contribution < 1.29 is 28.7 Å². The lowest BCUT2D eigenvalue weighted by Crippen LogP contribution is -2.59. The molecule has 2 aromatic carbocycles. The summed E-state index contributed by atoms with van der Waals surface area (Å²) in [7, 11) is 2.97. The Kier molecular flexibility index (Phi) is 11.3. The Morgan fingerprint density at radius 1 is 0.905 bits per heavy atom. The molecule has 4 amide bonds. The van der Waals surface area contributed by atoms with Crippen LogP contribution in [-0.4, -0.2) is 71.9 Å². The summed E-state index contributed by atoms with van der Waals surface area (Å²) < 4.78 is 5.53. The van der Waals surface area contributed by atoms with Crippen LogP contribution >= 0.6 is 21.6 Å². The van der Waals surface area contributed by atoms with Gasteiger partial charge in [0.25, 0.3) is 0 Å². The number of carbonyl (C=O) groups excluding carboxylic acids is 5. The standard InChI is InChI=1S/C30H36N4O6S2/c1-18(2)27-30(39)33-24-17-42-41-12-6-5-9-22(15-25(35)34-27)40-26(36)16-31-28(37)23(32-29(24)38)14-19-10-11-20-7-3-4-8-21(20)13-19/h3-5,7-11,13,18,22-24,27H,6,12,14-17H2,1-2H3,(H,31,37)(H,32,38)(H,33,39)(H,34,35)/b9-5+/t22-,23-,24?,27-/m1/s1. The van der Waals surface area contributed by atoms with Gasteiger partial charge in [0.15, 0.2) is 0 Å². The number of esters is 1. The van der Waals surface area contributed by atoms with Crippen molar-refractivity contribution in [2.75, 3.05) is 18.1 Å². The predicted molar refractivity (Wildman–Crippen MR) is 164 cm³/mol. The van der Waals surface area contributed by atoms with E-state index in [9.17, 15) is 24.0 Å². The van der Waals surface area contributed by atoms with Crippen LogP contribution in [0.1, 0.15) is 32.3 Å². The second-order valence-corrected chi connectivity index (χ2v) is 13.2. The van der Waals surface area contributed by atoms with Gasteiger partial charge in [-0.25, -0.2) is 0 Å². The zero-order valence-electron chi connectivity index (χ0n) is 23.6. The number of allylic oxidation sites excluding steroid dienone is 1. The van der Waals surface area contributed by atoms with E-state index in [1.165, 1.54) is 21.6 Å². The van der Waals surface area contributed by atoms with Gasteiger partial charge in [0.1, 0.15) is 30.8 Å². The molecule has 10 nitrogen and oxygen atoms in total. The molecule has 4 N–H and O–H groups in total. The normalized spacial score (nSPS) is 25.9. The van der Waals surface area contributed by atoms with Crippen molar-refractivity contribution in [1.82, 2.24) is 21.3 Å². The Bertz CT molecular complexity index is 1350. The molecule has 0 aromatic heterocycles. The van der Waals surface area contributed by atoms with E-state index in [2.05, 4.69) is 21.3 Å². The van der Waals surface area contributed by atoms with Gasteiger partial charge < -0.3 is 26.0 Å². The van der Waals surface area contributed by atoms with Gasteiger partial charge in [-0.3, -0.25) is 24.0 Å². The van der Waals surface area contributed by atoms with Crippen molar-refractivity contribution in [3.8, 4) is 0 Å². The van der Waals surface area contributed by atoms with Gasteiger partial charge in [-0.2, -0.15) is 0 Å². The average Bonchev–Trinajstić information content (AvgIpc) is 2.96. The molecule has 2 heterocycles. The van der Waals surface area contributed by atoms with Crippen molar-refractivity contribution in [2.24, 2.45) is 5.92 Å². The lowest BCUT2D eigenvalue weighted by atomic mass is 10.0. The minimum atomic E-state index is -1.02. The van der Waals surface area contributed by atoms with Gasteiger partial charge in [0.05, 0.1) is 6.42 Å². The minimum absolute atomic E-state index is 0.163. The second-order valence-electron chi connectivity index (χ2n) is 10.6. The van der Waals surface area contributed by atoms with Crippen LogP contribution in [0, 0.1) is 5.92 Å². The molecule has 4 atom stereocenters. The maximum Gasteiger partial charge on any atom is 0.326 e. The summed E-state index contributed by atoms with van der Waals surface area (Å²) in [5.74, 6) is -2.14. The van der Waals surface area contributed by atoms with Gasteiger partial charge in [-0.05, 0) is 34.8 Å². The van der Waals surface area contributed by atoms with Crippen molar-refractivity contribution in [2.45, 2.75) is 57.3 Å². The fourth-order valence-electron chi connectivity index (χ4n) is 4.66. The zero-order valence-corrected chi connectivity index (χ0v) is 25.2. The maximum absolute atomic E-state index is 13.6. The molecule has 2 aromatic rings. The first-order chi connectivity index (χ1) is 20.2. The molecular formula is C30H36N4O6S2. The van der Waals surface area contributed by atoms with Crippen LogP contribution in [0.5, 0.6) is 0 Å². The number of rotatable bonds is 3. The fraction of sp³-hybridized carbons (Fsp3) is 0.433. The van der Waals surface area contributed by atoms with Gasteiger partial charge in [-0.1, -0.05) is 84.0 Å². The molecule has 0 spiro atoms. The van der Waals surface area contributed by atoms with Crippen molar-refractivity contribution in [3.63, 3.8) is 0 Å². The lowest BCUT2D eigenvalue weighted by molar-refractivity contribution is -0.148. The summed E-state index contributed by atoms with van der Waals surface area (Å²) in [6.07, 6.45) is 3.24. The molecule has 1 fully saturated rings. The molecule has 2 bridgehead atoms. The first-order valence-corrected chi connectivity index (χ1v) is 16.4. The summed E-state index contributed by atoms with van der Waals surface area (Å²) in [6.45, 7) is 3.14. The van der Waals surface area contributed by atoms with Crippen LogP contribution in [0.25, 0.3) is 10.8 Å². The van der Waals surface area contributed by atoms with Gasteiger partial charge >= 0.3 is 5.97 Å². The highest BCUT2D eigenvalue weighted by Gasteiger charge is 2.32. The van der Waals surface area contributed by atoms with E-state index in [0.717, 1.165) is 16.3 Å². The first kappa shape index (κ1) is 31.4. The highest BCUT2D eigenvalue weighted by atomic mass is 33.1. The summed E-state index contributed by atoms with van der Waals surface area (Å²) in [6, 6.07) is 10.7. The quantitative estimate of drug-likeness (QED) is 0.235. The number of amides is 4. The Labute approximate surface area is 252 Å². The Balaban J connectivity index is 1.67. The van der Waals surface area contributed by atoms with Crippen LogP contribution in [-0.2, 0) is 35.1 Å². The first-order valence-electron chi connectivity index (χ1n) is 14.0. The molecule has 0 aliphatic carbocycles. The lowest BCUT2D eigenvalue weighted by Gasteiger charge is -2.27. The van der Waals surface area contributed by atoms with Gasteiger partial charge in [0, 0.05) is 17.9 Å². The molecule has 4 rings (SSSR count). The van der Waals surface area contributed by atoms with E-state index in [0.29, 0.717) is 12.2 Å². The zero-order chi connectivity index (χ0) is 30.1. The van der Waals surface area contributed by atoms with Crippen LogP contribution in [0.4, 0.5) is 0 Å². The largest absolute Gasteiger partial charge is 0.456 e. The molecule has 1 saturated heterocycles. The van der Waals surface area contributed by atoms with Crippen LogP contribution in [0.15, 0.2) is 54.6 Å². The van der Waals surface area contributed by atoms with Gasteiger partial charge in [0.2, 0.25) is 23.6 Å². The number of hydrogen-bond acceptors (Lipinski definition) is 8. The topological polar surface area (TPSA) is 143 Å². The molecule has 42 heavy (non-hydrogen) atoms. The molecule has 2 aliphatic heterocycles. The van der Waals surface area contributed by atoms with Crippen molar-refractivity contribution in [1.29, 1.82) is 0 Å². The average molecular weight is 613 g/mol. The van der Waals surface area contributed by atoms with E-state index in [1.807, 2.05) is 48.5 Å². The van der Waals surface area contributed by atoms with E-state index in [1.54, 1.807) is 19.9 Å². The third-order valence-corrected chi connectivity index (χ3v) is 9.34. The molecule has 0 radical (unpaired) electrons. The molecule has 0 saturated carbocycles.